The van der Waals surface area contributed by atoms with E-state index in [1.807, 2.05) is 44.2 Å². The summed E-state index contributed by atoms with van der Waals surface area (Å²) in [5.74, 6) is 0.336. The molecule has 0 aliphatic rings. The average molecular weight is 375 g/mol. The van der Waals surface area contributed by atoms with Crippen molar-refractivity contribution < 1.29 is 14.3 Å². The predicted molar refractivity (Wildman–Crippen MR) is 103 cm³/mol. The van der Waals surface area contributed by atoms with Crippen LogP contribution >= 0.6 is 11.6 Å². The Morgan fingerprint density at radius 2 is 1.58 bits per heavy atom. The number of ether oxygens (including phenoxy) is 1. The highest BCUT2D eigenvalue weighted by Crippen LogP contribution is 2.16. The fourth-order valence-electron chi connectivity index (χ4n) is 2.26. The van der Waals surface area contributed by atoms with E-state index in [1.54, 1.807) is 12.1 Å². The molecule has 2 amide bonds. The smallest absolute Gasteiger partial charge is 0.258 e. The zero-order chi connectivity index (χ0) is 18.9. The number of amides is 2. The van der Waals surface area contributed by atoms with E-state index in [2.05, 4.69) is 10.6 Å². The Morgan fingerprint density at radius 3 is 2.23 bits per heavy atom. The fourth-order valence-corrected chi connectivity index (χ4v) is 2.38. The Hall–Kier alpha value is -2.53. The molecule has 0 radical (unpaired) electrons. The van der Waals surface area contributed by atoms with Gasteiger partial charge in [0.1, 0.15) is 5.75 Å². The summed E-state index contributed by atoms with van der Waals surface area (Å²) >= 11 is 5.81. The number of aryl methyl sites for hydroxylation is 2. The van der Waals surface area contributed by atoms with Crippen LogP contribution in [0.15, 0.2) is 42.5 Å². The zero-order valence-electron chi connectivity index (χ0n) is 15.0. The van der Waals surface area contributed by atoms with E-state index in [0.29, 0.717) is 23.9 Å². The quantitative estimate of drug-likeness (QED) is 0.698. The highest BCUT2D eigenvalue weighted by molar-refractivity contribution is 6.30. The van der Waals surface area contributed by atoms with Crippen molar-refractivity contribution in [2.75, 3.05) is 19.7 Å². The number of benzene rings is 2. The lowest BCUT2D eigenvalue weighted by molar-refractivity contribution is -0.124. The zero-order valence-corrected chi connectivity index (χ0v) is 15.7. The maximum absolute atomic E-state index is 11.8. The number of rotatable bonds is 8. The minimum Gasteiger partial charge on any atom is -0.484 e. The Bertz CT molecular complexity index is 760. The lowest BCUT2D eigenvalue weighted by Gasteiger charge is -2.10. The molecule has 0 aliphatic carbocycles. The van der Waals surface area contributed by atoms with Gasteiger partial charge in [0, 0.05) is 18.1 Å². The molecule has 26 heavy (non-hydrogen) atoms. The monoisotopic (exact) mass is 374 g/mol. The van der Waals surface area contributed by atoms with Crippen LogP contribution in [0.1, 0.15) is 16.7 Å². The van der Waals surface area contributed by atoms with E-state index < -0.39 is 0 Å². The van der Waals surface area contributed by atoms with Gasteiger partial charge in [0.2, 0.25) is 5.91 Å². The van der Waals surface area contributed by atoms with Crippen molar-refractivity contribution in [3.05, 3.63) is 64.2 Å². The number of carbonyl (C=O) groups is 2. The molecule has 0 bridgehead atoms. The lowest BCUT2D eigenvalue weighted by Crippen LogP contribution is -2.37. The van der Waals surface area contributed by atoms with Crippen LogP contribution in [-0.2, 0) is 16.0 Å². The molecule has 0 fully saturated rings. The molecule has 0 unspecified atom stereocenters. The molecule has 2 rings (SSSR count). The van der Waals surface area contributed by atoms with Gasteiger partial charge in [-0.25, -0.2) is 0 Å². The number of hydrogen-bond donors (Lipinski definition) is 2. The van der Waals surface area contributed by atoms with Crippen LogP contribution in [0, 0.1) is 13.8 Å². The van der Waals surface area contributed by atoms with Gasteiger partial charge in [0.25, 0.3) is 5.91 Å². The SMILES string of the molecule is Cc1ccc(OCC(=O)NCCNC(=O)Cc2ccc(Cl)cc2)cc1C. The topological polar surface area (TPSA) is 67.4 Å². The molecule has 0 saturated heterocycles. The molecule has 0 aliphatic heterocycles. The van der Waals surface area contributed by atoms with Crippen molar-refractivity contribution >= 4 is 23.4 Å². The molecular formula is C20H23ClN2O3. The van der Waals surface area contributed by atoms with Gasteiger partial charge in [0.15, 0.2) is 6.61 Å². The van der Waals surface area contributed by atoms with E-state index in [9.17, 15) is 9.59 Å². The summed E-state index contributed by atoms with van der Waals surface area (Å²) in [5.41, 5.74) is 3.18. The van der Waals surface area contributed by atoms with Crippen LogP contribution in [0.2, 0.25) is 5.02 Å². The van der Waals surface area contributed by atoms with Gasteiger partial charge < -0.3 is 15.4 Å². The highest BCUT2D eigenvalue weighted by atomic mass is 35.5. The summed E-state index contributed by atoms with van der Waals surface area (Å²) in [4.78, 5) is 23.6. The van der Waals surface area contributed by atoms with Gasteiger partial charge in [0.05, 0.1) is 6.42 Å². The number of halogens is 1. The Kier molecular flexibility index (Phi) is 7.48. The predicted octanol–water partition coefficient (Wildman–Crippen LogP) is 2.81. The lowest BCUT2D eigenvalue weighted by atomic mass is 10.1. The maximum atomic E-state index is 11.8. The van der Waals surface area contributed by atoms with E-state index in [4.69, 9.17) is 16.3 Å². The normalized spacial score (nSPS) is 10.3. The van der Waals surface area contributed by atoms with Crippen LogP contribution in [0.4, 0.5) is 0 Å². The molecule has 0 heterocycles. The van der Waals surface area contributed by atoms with Crippen LogP contribution in [0.3, 0.4) is 0 Å². The summed E-state index contributed by atoms with van der Waals surface area (Å²) in [5, 5.41) is 6.11. The summed E-state index contributed by atoms with van der Waals surface area (Å²) in [6.07, 6.45) is 0.279. The Balaban J connectivity index is 1.61. The largest absolute Gasteiger partial charge is 0.484 e. The molecule has 2 aromatic carbocycles. The summed E-state index contributed by atoms with van der Waals surface area (Å²) < 4.78 is 5.46. The summed E-state index contributed by atoms with van der Waals surface area (Å²) in [6, 6.07) is 12.8. The van der Waals surface area contributed by atoms with Crippen LogP contribution in [-0.4, -0.2) is 31.5 Å². The van der Waals surface area contributed by atoms with Crippen LogP contribution < -0.4 is 15.4 Å². The van der Waals surface area contributed by atoms with E-state index in [-0.39, 0.29) is 24.8 Å². The van der Waals surface area contributed by atoms with Crippen molar-refractivity contribution in [3.63, 3.8) is 0 Å². The van der Waals surface area contributed by atoms with Crippen molar-refractivity contribution in [2.45, 2.75) is 20.3 Å². The van der Waals surface area contributed by atoms with Crippen LogP contribution in [0.5, 0.6) is 5.75 Å². The standard InChI is InChI=1S/C20H23ClN2O3/c1-14-3-8-18(11-15(14)2)26-13-20(25)23-10-9-22-19(24)12-16-4-6-17(21)7-5-16/h3-8,11H,9-10,12-13H2,1-2H3,(H,22,24)(H,23,25). The van der Waals surface area contributed by atoms with Crippen molar-refractivity contribution in [3.8, 4) is 5.75 Å². The second-order valence-corrected chi connectivity index (χ2v) is 6.47. The maximum Gasteiger partial charge on any atom is 0.258 e. The molecule has 0 atom stereocenters. The number of hydrogen-bond acceptors (Lipinski definition) is 3. The van der Waals surface area contributed by atoms with Crippen molar-refractivity contribution in [1.82, 2.24) is 10.6 Å². The summed E-state index contributed by atoms with van der Waals surface area (Å²) in [7, 11) is 0. The Labute approximate surface area is 158 Å². The molecule has 138 valence electrons. The van der Waals surface area contributed by atoms with Gasteiger partial charge in [-0.2, -0.15) is 0 Å². The number of nitrogens with one attached hydrogen (secondary N) is 2. The minimum absolute atomic E-state index is 0.0543. The fraction of sp³-hybridized carbons (Fsp3) is 0.300. The van der Waals surface area contributed by atoms with Crippen molar-refractivity contribution in [1.29, 1.82) is 0 Å². The number of carbonyl (C=O) groups excluding carboxylic acids is 2. The highest BCUT2D eigenvalue weighted by Gasteiger charge is 2.05. The third kappa shape index (κ3) is 6.76. The molecule has 2 aromatic rings. The third-order valence-electron chi connectivity index (χ3n) is 3.90. The molecule has 0 spiro atoms. The molecule has 0 aromatic heterocycles. The van der Waals surface area contributed by atoms with E-state index >= 15 is 0 Å². The third-order valence-corrected chi connectivity index (χ3v) is 4.15. The molecule has 2 N–H and O–H groups in total. The van der Waals surface area contributed by atoms with Crippen molar-refractivity contribution in [2.24, 2.45) is 0 Å². The molecular weight excluding hydrogens is 352 g/mol. The van der Waals surface area contributed by atoms with Gasteiger partial charge in [-0.3, -0.25) is 9.59 Å². The summed E-state index contributed by atoms with van der Waals surface area (Å²) in [6.45, 7) is 4.67. The van der Waals surface area contributed by atoms with Crippen LogP contribution in [0.25, 0.3) is 0 Å². The molecule has 0 saturated carbocycles. The Morgan fingerprint density at radius 1 is 0.923 bits per heavy atom. The van der Waals surface area contributed by atoms with Gasteiger partial charge in [-0.1, -0.05) is 29.8 Å². The first kappa shape index (κ1) is 19.8. The van der Waals surface area contributed by atoms with Gasteiger partial charge in [-0.05, 0) is 54.8 Å². The molecule has 5 nitrogen and oxygen atoms in total. The second-order valence-electron chi connectivity index (χ2n) is 6.04. The first-order valence-electron chi connectivity index (χ1n) is 8.42. The average Bonchev–Trinajstić information content (AvgIpc) is 2.62. The molecule has 6 heteroatoms. The first-order chi connectivity index (χ1) is 12.4. The van der Waals surface area contributed by atoms with Gasteiger partial charge in [-0.15, -0.1) is 0 Å². The van der Waals surface area contributed by atoms with Gasteiger partial charge >= 0.3 is 0 Å². The minimum atomic E-state index is -0.227. The van der Waals surface area contributed by atoms with E-state index in [1.165, 1.54) is 5.56 Å². The second kappa shape index (κ2) is 9.82. The van der Waals surface area contributed by atoms with E-state index in [0.717, 1.165) is 11.1 Å². The first-order valence-corrected chi connectivity index (χ1v) is 8.80.